The maximum atomic E-state index is 13.2. The predicted octanol–water partition coefficient (Wildman–Crippen LogP) is 10.9. The van der Waals surface area contributed by atoms with Crippen molar-refractivity contribution >= 4 is 16.3 Å². The van der Waals surface area contributed by atoms with Gasteiger partial charge < -0.3 is 40.3 Å². The second kappa shape index (κ2) is 42.7. The number of hydrogen-bond acceptors (Lipinski definition) is 11. The molecule has 0 aliphatic carbocycles. The fourth-order valence-electron chi connectivity index (χ4n) is 8.88. The molecule has 1 saturated heterocycles. The van der Waals surface area contributed by atoms with E-state index in [2.05, 4.69) is 23.3 Å². The minimum atomic E-state index is -5.12. The van der Waals surface area contributed by atoms with E-state index in [4.69, 9.17) is 9.47 Å². The number of nitrogens with one attached hydrogen (secondary N) is 1. The molecular formula is C52H101NO12S. The van der Waals surface area contributed by atoms with Crippen molar-refractivity contribution in [1.29, 1.82) is 0 Å². The third-order valence-corrected chi connectivity index (χ3v) is 13.6. The van der Waals surface area contributed by atoms with E-state index in [-0.39, 0.29) is 6.42 Å². The molecule has 0 aromatic rings. The standard InChI is InChI=1S/C52H101NO12S/c1-3-5-7-9-11-13-15-17-19-21-22-23-25-27-29-31-33-35-37-39-41-46(56)51(59)53-44(43-63-52-49(58)50(65-66(60,61)62)48(57)47(42-54)64-52)45(55)40-38-36-34-32-30-28-26-24-20-18-16-14-12-10-8-6-4-2/h38,40,44-50,52,54-58H,3-37,39,41-43H2,1-2H3,(H,53,59)(H,60,61,62)/b40-38+. The van der Waals surface area contributed by atoms with Crippen LogP contribution >= 0.6 is 0 Å². The van der Waals surface area contributed by atoms with E-state index >= 15 is 0 Å². The van der Waals surface area contributed by atoms with Gasteiger partial charge in [-0.15, -0.1) is 0 Å². The lowest BCUT2D eigenvalue weighted by Gasteiger charge is -2.41. The summed E-state index contributed by atoms with van der Waals surface area (Å²) in [6.07, 6.45) is 37.1. The first-order valence-corrected chi connectivity index (χ1v) is 28.5. The van der Waals surface area contributed by atoms with Gasteiger partial charge in [-0.1, -0.05) is 244 Å². The Kier molecular flexibility index (Phi) is 40.6. The maximum absolute atomic E-state index is 13.2. The lowest BCUT2D eigenvalue weighted by atomic mass is 9.99. The highest BCUT2D eigenvalue weighted by atomic mass is 32.3. The van der Waals surface area contributed by atoms with Crippen molar-refractivity contribution < 1.29 is 57.0 Å². The summed E-state index contributed by atoms with van der Waals surface area (Å²) in [4.78, 5) is 13.2. The average molecular weight is 964 g/mol. The number of allylic oxidation sites excluding steroid dienone is 1. The van der Waals surface area contributed by atoms with Crippen molar-refractivity contribution in [3.8, 4) is 0 Å². The number of carbonyl (C=O) groups is 1. The van der Waals surface area contributed by atoms with Crippen molar-refractivity contribution in [2.75, 3.05) is 13.2 Å². The molecule has 1 heterocycles. The summed E-state index contributed by atoms with van der Waals surface area (Å²) in [5.74, 6) is -0.697. The fraction of sp³-hybridized carbons (Fsp3) is 0.942. The van der Waals surface area contributed by atoms with Crippen molar-refractivity contribution in [2.45, 2.75) is 300 Å². The summed E-state index contributed by atoms with van der Waals surface area (Å²) in [6.45, 7) is 3.26. The number of ether oxygens (including phenoxy) is 2. The zero-order chi connectivity index (χ0) is 48.5. The SMILES string of the molecule is CCCCCCCCCCCCCCCCC/C=C/C(O)C(COC1OC(CO)C(O)C(OS(=O)(=O)O)C1O)NC(=O)C(O)CCCCCCCCCCCCCCCCCCCCCC. The normalized spacial score (nSPS) is 20.5. The number of amides is 1. The zero-order valence-electron chi connectivity index (χ0n) is 41.9. The number of aliphatic hydroxyl groups excluding tert-OH is 5. The van der Waals surface area contributed by atoms with E-state index in [1.165, 1.54) is 180 Å². The Bertz CT molecular complexity index is 1240. The van der Waals surface area contributed by atoms with Gasteiger partial charge in [0.15, 0.2) is 6.29 Å². The van der Waals surface area contributed by atoms with E-state index in [0.717, 1.165) is 38.5 Å². The highest BCUT2D eigenvalue weighted by Gasteiger charge is 2.48. The molecule has 0 radical (unpaired) electrons. The van der Waals surface area contributed by atoms with Gasteiger partial charge >= 0.3 is 10.4 Å². The number of rotatable bonds is 47. The van der Waals surface area contributed by atoms with Gasteiger partial charge in [-0.3, -0.25) is 9.35 Å². The van der Waals surface area contributed by atoms with Crippen molar-refractivity contribution in [1.82, 2.24) is 5.32 Å². The third-order valence-electron chi connectivity index (χ3n) is 13.2. The highest BCUT2D eigenvalue weighted by Crippen LogP contribution is 2.26. The van der Waals surface area contributed by atoms with Crippen LogP contribution < -0.4 is 5.32 Å². The third kappa shape index (κ3) is 34.2. The minimum absolute atomic E-state index is 0.249. The van der Waals surface area contributed by atoms with Crippen LogP contribution in [0.1, 0.15) is 251 Å². The molecule has 7 N–H and O–H groups in total. The number of hydrogen-bond donors (Lipinski definition) is 7. The first kappa shape index (κ1) is 62.8. The monoisotopic (exact) mass is 964 g/mol. The van der Waals surface area contributed by atoms with Gasteiger partial charge in [-0.25, -0.2) is 4.18 Å². The molecule has 0 aromatic carbocycles. The van der Waals surface area contributed by atoms with Crippen LogP contribution in [0.5, 0.6) is 0 Å². The van der Waals surface area contributed by atoms with Crippen LogP contribution in [0.2, 0.25) is 0 Å². The number of unbranched alkanes of at least 4 members (excludes halogenated alkanes) is 34. The van der Waals surface area contributed by atoms with Gasteiger partial charge in [0, 0.05) is 0 Å². The van der Waals surface area contributed by atoms with Crippen LogP contribution in [0.4, 0.5) is 0 Å². The molecule has 1 amide bonds. The highest BCUT2D eigenvalue weighted by molar-refractivity contribution is 7.80. The summed E-state index contributed by atoms with van der Waals surface area (Å²) < 4.78 is 47.7. The Hall–Kier alpha value is -1.20. The van der Waals surface area contributed by atoms with Gasteiger partial charge in [-0.05, 0) is 19.3 Å². The van der Waals surface area contributed by atoms with E-state index < -0.39 is 78.5 Å². The molecule has 392 valence electrons. The van der Waals surface area contributed by atoms with E-state index in [1.807, 2.05) is 6.08 Å². The number of aliphatic hydroxyl groups is 5. The van der Waals surface area contributed by atoms with Crippen LogP contribution in [-0.2, 0) is 28.9 Å². The maximum Gasteiger partial charge on any atom is 0.397 e. The Morgan fingerprint density at radius 1 is 0.606 bits per heavy atom. The van der Waals surface area contributed by atoms with Gasteiger partial charge in [0.2, 0.25) is 5.91 Å². The van der Waals surface area contributed by atoms with Crippen LogP contribution in [0.15, 0.2) is 12.2 Å². The summed E-state index contributed by atoms with van der Waals surface area (Å²) in [5.41, 5.74) is 0. The van der Waals surface area contributed by atoms with Crippen molar-refractivity contribution in [3.63, 3.8) is 0 Å². The molecule has 0 bridgehead atoms. The van der Waals surface area contributed by atoms with Crippen LogP contribution in [0, 0.1) is 0 Å². The first-order chi connectivity index (χ1) is 31.9. The van der Waals surface area contributed by atoms with E-state index in [9.17, 15) is 43.3 Å². The Morgan fingerprint density at radius 2 is 0.985 bits per heavy atom. The minimum Gasteiger partial charge on any atom is -0.394 e. The molecule has 13 nitrogen and oxygen atoms in total. The molecular weight excluding hydrogens is 863 g/mol. The second-order valence-electron chi connectivity index (χ2n) is 19.3. The van der Waals surface area contributed by atoms with Crippen LogP contribution in [0.25, 0.3) is 0 Å². The Morgan fingerprint density at radius 3 is 1.36 bits per heavy atom. The summed E-state index contributed by atoms with van der Waals surface area (Å²) in [6, 6.07) is -1.12. The van der Waals surface area contributed by atoms with E-state index in [1.54, 1.807) is 6.08 Å². The smallest absolute Gasteiger partial charge is 0.394 e. The fourth-order valence-corrected chi connectivity index (χ4v) is 9.38. The summed E-state index contributed by atoms with van der Waals surface area (Å²) in [7, 11) is -5.12. The second-order valence-corrected chi connectivity index (χ2v) is 20.4. The largest absolute Gasteiger partial charge is 0.397 e. The molecule has 1 aliphatic rings. The molecule has 1 aliphatic heterocycles. The Labute approximate surface area is 403 Å². The molecule has 1 rings (SSSR count). The summed E-state index contributed by atoms with van der Waals surface area (Å²) >= 11 is 0. The molecule has 0 aromatic heterocycles. The van der Waals surface area contributed by atoms with Crippen LogP contribution in [-0.4, -0.2) is 107 Å². The topological polar surface area (TPSA) is 212 Å². The van der Waals surface area contributed by atoms with Crippen molar-refractivity contribution in [2.24, 2.45) is 0 Å². The molecule has 0 spiro atoms. The molecule has 14 heteroatoms. The van der Waals surface area contributed by atoms with Crippen LogP contribution in [0.3, 0.4) is 0 Å². The van der Waals surface area contributed by atoms with Crippen molar-refractivity contribution in [3.05, 3.63) is 12.2 Å². The predicted molar refractivity (Wildman–Crippen MR) is 265 cm³/mol. The van der Waals surface area contributed by atoms with Gasteiger partial charge in [0.05, 0.1) is 25.4 Å². The lowest BCUT2D eigenvalue weighted by Crippen LogP contribution is -2.61. The molecule has 66 heavy (non-hydrogen) atoms. The lowest BCUT2D eigenvalue weighted by molar-refractivity contribution is -0.298. The number of carbonyl (C=O) groups excluding carboxylic acids is 1. The zero-order valence-corrected chi connectivity index (χ0v) is 42.7. The molecule has 1 fully saturated rings. The van der Waals surface area contributed by atoms with E-state index in [0.29, 0.717) is 12.8 Å². The average Bonchev–Trinajstić information content (AvgIpc) is 3.29. The summed E-state index contributed by atoms with van der Waals surface area (Å²) in [5, 5.41) is 55.4. The molecule has 8 atom stereocenters. The quantitative estimate of drug-likeness (QED) is 0.0172. The molecule has 0 saturated carbocycles. The Balaban J connectivity index is 2.47. The van der Waals surface area contributed by atoms with Gasteiger partial charge in [0.1, 0.15) is 30.5 Å². The van der Waals surface area contributed by atoms with Gasteiger partial charge in [0.25, 0.3) is 0 Å². The van der Waals surface area contributed by atoms with Gasteiger partial charge in [-0.2, -0.15) is 8.42 Å². The molecule has 8 unspecified atom stereocenters. The first-order valence-electron chi connectivity index (χ1n) is 27.2.